The summed E-state index contributed by atoms with van der Waals surface area (Å²) >= 11 is 0. The third-order valence-electron chi connectivity index (χ3n) is 3.20. The number of nitrogens with one attached hydrogen (secondary N) is 1. The van der Waals surface area contributed by atoms with Gasteiger partial charge in [-0.3, -0.25) is 0 Å². The van der Waals surface area contributed by atoms with Crippen molar-refractivity contribution in [2.24, 2.45) is 0 Å². The van der Waals surface area contributed by atoms with Crippen LogP contribution in [0.3, 0.4) is 0 Å². The van der Waals surface area contributed by atoms with Gasteiger partial charge in [-0.25, -0.2) is 4.39 Å². The summed E-state index contributed by atoms with van der Waals surface area (Å²) in [5.41, 5.74) is 1.20. The quantitative estimate of drug-likeness (QED) is 0.802. The summed E-state index contributed by atoms with van der Waals surface area (Å²) in [6.45, 7) is 1.99. The zero-order valence-corrected chi connectivity index (χ0v) is 8.87. The highest BCUT2D eigenvalue weighted by Crippen LogP contribution is 2.31. The average molecular weight is 220 g/mol. The van der Waals surface area contributed by atoms with Crippen LogP contribution in [0.5, 0.6) is 0 Å². The third kappa shape index (κ3) is 1.50. The van der Waals surface area contributed by atoms with Crippen molar-refractivity contribution in [3.05, 3.63) is 29.7 Å². The van der Waals surface area contributed by atoms with Crippen molar-refractivity contribution in [1.29, 1.82) is 0 Å². The van der Waals surface area contributed by atoms with Gasteiger partial charge in [-0.2, -0.15) is 0 Å². The molecule has 0 spiro atoms. The zero-order chi connectivity index (χ0) is 11.0. The second kappa shape index (κ2) is 3.87. The minimum absolute atomic E-state index is 0.288. The maximum absolute atomic E-state index is 13.4. The molecule has 0 saturated carbocycles. The Morgan fingerprint density at radius 3 is 2.94 bits per heavy atom. The number of rotatable bonds is 1. The van der Waals surface area contributed by atoms with Crippen LogP contribution in [0, 0.1) is 5.82 Å². The molecule has 1 aromatic heterocycles. The van der Waals surface area contributed by atoms with Crippen LogP contribution in [-0.2, 0) is 0 Å². The normalized spacial score (nSPS) is 18.1. The first kappa shape index (κ1) is 9.78. The second-order valence-electron chi connectivity index (χ2n) is 4.21. The Balaban J connectivity index is 2.06. The molecule has 1 fully saturated rings. The van der Waals surface area contributed by atoms with E-state index in [2.05, 4.69) is 10.5 Å². The fraction of sp³-hybridized carbons (Fsp3) is 0.417. The van der Waals surface area contributed by atoms with Crippen LogP contribution in [0.15, 0.2) is 22.7 Å². The molecule has 0 radical (unpaired) electrons. The number of para-hydroxylation sites is 1. The number of halogens is 1. The number of fused-ring (bicyclic) bond motifs is 1. The summed E-state index contributed by atoms with van der Waals surface area (Å²) in [7, 11) is 0. The second-order valence-corrected chi connectivity index (χ2v) is 4.21. The molecule has 84 valence electrons. The van der Waals surface area contributed by atoms with Gasteiger partial charge in [0.1, 0.15) is 0 Å². The van der Waals surface area contributed by atoms with Gasteiger partial charge < -0.3 is 9.84 Å². The molecular weight excluding hydrogens is 207 g/mol. The number of hydrogen-bond acceptors (Lipinski definition) is 3. The molecule has 0 aliphatic carbocycles. The van der Waals surface area contributed by atoms with E-state index in [0.717, 1.165) is 37.0 Å². The molecule has 2 aromatic rings. The number of hydrogen-bond donors (Lipinski definition) is 1. The Bertz CT molecular complexity index is 503. The summed E-state index contributed by atoms with van der Waals surface area (Å²) in [6.07, 6.45) is 2.08. The van der Waals surface area contributed by atoms with Crippen LogP contribution in [-0.4, -0.2) is 18.2 Å². The molecule has 1 saturated heterocycles. The first-order valence-electron chi connectivity index (χ1n) is 5.61. The van der Waals surface area contributed by atoms with Crippen molar-refractivity contribution in [2.45, 2.75) is 18.8 Å². The lowest BCUT2D eigenvalue weighted by atomic mass is 9.93. The Morgan fingerprint density at radius 1 is 1.31 bits per heavy atom. The minimum atomic E-state index is -0.329. The van der Waals surface area contributed by atoms with Crippen molar-refractivity contribution in [1.82, 2.24) is 10.5 Å². The van der Waals surface area contributed by atoms with Crippen LogP contribution >= 0.6 is 0 Å². The number of nitrogens with zero attached hydrogens (tertiary/aromatic N) is 1. The Labute approximate surface area is 92.6 Å². The third-order valence-corrected chi connectivity index (χ3v) is 3.20. The van der Waals surface area contributed by atoms with Crippen molar-refractivity contribution in [2.75, 3.05) is 13.1 Å². The molecule has 2 heterocycles. The summed E-state index contributed by atoms with van der Waals surface area (Å²) in [5.74, 6) is 0.0643. The predicted molar refractivity (Wildman–Crippen MR) is 58.8 cm³/mol. The molecule has 1 N–H and O–H groups in total. The van der Waals surface area contributed by atoms with Crippen LogP contribution in [0.25, 0.3) is 11.0 Å². The van der Waals surface area contributed by atoms with Crippen LogP contribution in [0.1, 0.15) is 24.5 Å². The Kier molecular flexibility index (Phi) is 2.36. The lowest BCUT2D eigenvalue weighted by Crippen LogP contribution is -2.26. The van der Waals surface area contributed by atoms with E-state index in [1.165, 1.54) is 6.07 Å². The van der Waals surface area contributed by atoms with Gasteiger partial charge in [0.05, 0.1) is 5.69 Å². The monoisotopic (exact) mass is 220 g/mol. The first-order valence-corrected chi connectivity index (χ1v) is 5.61. The van der Waals surface area contributed by atoms with Gasteiger partial charge in [-0.1, -0.05) is 11.2 Å². The van der Waals surface area contributed by atoms with E-state index in [1.807, 2.05) is 6.07 Å². The molecule has 3 nitrogen and oxygen atoms in total. The summed E-state index contributed by atoms with van der Waals surface area (Å²) < 4.78 is 18.5. The summed E-state index contributed by atoms with van der Waals surface area (Å²) in [4.78, 5) is 0. The molecule has 3 rings (SSSR count). The zero-order valence-electron chi connectivity index (χ0n) is 8.87. The summed E-state index contributed by atoms with van der Waals surface area (Å²) in [5, 5.41) is 8.17. The fourth-order valence-electron chi connectivity index (χ4n) is 2.34. The predicted octanol–water partition coefficient (Wildman–Crippen LogP) is 2.43. The molecule has 4 heteroatoms. The standard InChI is InChI=1S/C12H13FN2O/c13-10-3-1-2-9-11(15-16-12(9)10)8-4-6-14-7-5-8/h1-3,8,14H,4-7H2. The van der Waals surface area contributed by atoms with E-state index in [-0.39, 0.29) is 11.4 Å². The molecule has 0 amide bonds. The van der Waals surface area contributed by atoms with Crippen LogP contribution in [0.2, 0.25) is 0 Å². The molecule has 16 heavy (non-hydrogen) atoms. The van der Waals surface area contributed by atoms with E-state index in [1.54, 1.807) is 6.07 Å². The van der Waals surface area contributed by atoms with Gasteiger partial charge in [-0.15, -0.1) is 0 Å². The molecule has 0 unspecified atom stereocenters. The van der Waals surface area contributed by atoms with E-state index < -0.39 is 0 Å². The molecule has 1 aromatic carbocycles. The number of benzene rings is 1. The van der Waals surface area contributed by atoms with Gasteiger partial charge in [-0.05, 0) is 38.1 Å². The SMILES string of the molecule is Fc1cccc2c(C3CCNCC3)noc12. The lowest BCUT2D eigenvalue weighted by Gasteiger charge is -2.20. The highest BCUT2D eigenvalue weighted by molar-refractivity contribution is 5.80. The van der Waals surface area contributed by atoms with E-state index in [0.29, 0.717) is 5.92 Å². The molecule has 1 aliphatic rings. The maximum atomic E-state index is 13.4. The van der Waals surface area contributed by atoms with Crippen molar-refractivity contribution in [3.8, 4) is 0 Å². The smallest absolute Gasteiger partial charge is 0.202 e. The molecular formula is C12H13FN2O. The van der Waals surface area contributed by atoms with E-state index in [9.17, 15) is 4.39 Å². The molecule has 1 aliphatic heterocycles. The maximum Gasteiger partial charge on any atom is 0.202 e. The van der Waals surface area contributed by atoms with Crippen molar-refractivity contribution >= 4 is 11.0 Å². The Morgan fingerprint density at radius 2 is 2.12 bits per heavy atom. The highest BCUT2D eigenvalue weighted by atomic mass is 19.1. The number of piperidine rings is 1. The lowest BCUT2D eigenvalue weighted by molar-refractivity contribution is 0.398. The van der Waals surface area contributed by atoms with E-state index >= 15 is 0 Å². The summed E-state index contributed by atoms with van der Waals surface area (Å²) in [6, 6.07) is 4.99. The van der Waals surface area contributed by atoms with Crippen LogP contribution < -0.4 is 5.32 Å². The highest BCUT2D eigenvalue weighted by Gasteiger charge is 2.22. The first-order chi connectivity index (χ1) is 7.86. The van der Waals surface area contributed by atoms with Gasteiger partial charge >= 0.3 is 0 Å². The van der Waals surface area contributed by atoms with Crippen molar-refractivity contribution in [3.63, 3.8) is 0 Å². The average Bonchev–Trinajstić information content (AvgIpc) is 2.75. The minimum Gasteiger partial charge on any atom is -0.353 e. The fourth-order valence-corrected chi connectivity index (χ4v) is 2.34. The van der Waals surface area contributed by atoms with Gasteiger partial charge in [0.25, 0.3) is 0 Å². The van der Waals surface area contributed by atoms with Crippen molar-refractivity contribution < 1.29 is 8.91 Å². The Hall–Kier alpha value is -1.42. The largest absolute Gasteiger partial charge is 0.353 e. The molecule has 0 bridgehead atoms. The molecule has 0 atom stereocenters. The van der Waals surface area contributed by atoms with Gasteiger partial charge in [0, 0.05) is 11.3 Å². The van der Waals surface area contributed by atoms with E-state index in [4.69, 9.17) is 4.52 Å². The van der Waals surface area contributed by atoms with Gasteiger partial charge in [0.15, 0.2) is 5.82 Å². The van der Waals surface area contributed by atoms with Crippen LogP contribution in [0.4, 0.5) is 4.39 Å². The van der Waals surface area contributed by atoms with Gasteiger partial charge in [0.2, 0.25) is 5.58 Å². The topological polar surface area (TPSA) is 38.1 Å². The number of aromatic nitrogens is 1.